The number of carbonyl (C=O) groups excluding carboxylic acids is 1. The quantitative estimate of drug-likeness (QED) is 0.837. The molecule has 0 spiro atoms. The summed E-state index contributed by atoms with van der Waals surface area (Å²) in [4.78, 5) is 12.7. The van der Waals surface area contributed by atoms with Crippen LogP contribution in [0.3, 0.4) is 0 Å². The highest BCUT2D eigenvalue weighted by Gasteiger charge is 2.41. The number of ketones is 1. The van der Waals surface area contributed by atoms with E-state index in [1.807, 2.05) is 42.5 Å². The van der Waals surface area contributed by atoms with Crippen LogP contribution in [-0.4, -0.2) is 11.3 Å². The Hall–Kier alpha value is -1.67. The molecule has 2 rings (SSSR count). The molecule has 0 aromatic heterocycles. The molecule has 2 N–H and O–H groups in total. The van der Waals surface area contributed by atoms with Gasteiger partial charge >= 0.3 is 0 Å². The molecule has 1 aromatic rings. The molecule has 0 aliphatic heterocycles. The smallest absolute Gasteiger partial charge is 0.187 e. The fourth-order valence-electron chi connectivity index (χ4n) is 2.91. The Balaban J connectivity index is 2.39. The Kier molecular flexibility index (Phi) is 4.01. The Morgan fingerprint density at radius 2 is 1.95 bits per heavy atom. The zero-order chi connectivity index (χ0) is 13.9. The molecule has 1 aliphatic rings. The second-order valence-electron chi connectivity index (χ2n) is 5.04. The molecular weight excluding hydrogens is 234 g/mol. The molecule has 0 heterocycles. The lowest BCUT2D eigenvalue weighted by Crippen LogP contribution is -2.53. The van der Waals surface area contributed by atoms with E-state index in [4.69, 9.17) is 5.73 Å². The molecular formula is C17H21NO. The van der Waals surface area contributed by atoms with Crippen LogP contribution in [0, 0.1) is 5.92 Å². The highest BCUT2D eigenvalue weighted by molar-refractivity contribution is 6.05. The van der Waals surface area contributed by atoms with Gasteiger partial charge in [-0.1, -0.05) is 68.0 Å². The third kappa shape index (κ3) is 2.41. The van der Waals surface area contributed by atoms with E-state index >= 15 is 0 Å². The van der Waals surface area contributed by atoms with E-state index in [0.29, 0.717) is 5.56 Å². The van der Waals surface area contributed by atoms with Crippen LogP contribution in [0.15, 0.2) is 54.1 Å². The lowest BCUT2D eigenvalue weighted by atomic mass is 9.70. The zero-order valence-electron chi connectivity index (χ0n) is 11.6. The SMILES string of the molecule is CCC1=CC=CC(N)(C(=O)c2ccccc2)C1CC. The minimum Gasteiger partial charge on any atom is -0.315 e. The summed E-state index contributed by atoms with van der Waals surface area (Å²) in [7, 11) is 0. The van der Waals surface area contributed by atoms with Crippen molar-refractivity contribution < 1.29 is 4.79 Å². The summed E-state index contributed by atoms with van der Waals surface area (Å²) in [6, 6.07) is 9.33. The predicted octanol–water partition coefficient (Wildman–Crippen LogP) is 3.50. The third-order valence-electron chi connectivity index (χ3n) is 3.95. The van der Waals surface area contributed by atoms with E-state index in [-0.39, 0.29) is 11.7 Å². The molecule has 19 heavy (non-hydrogen) atoms. The maximum absolute atomic E-state index is 12.7. The number of benzene rings is 1. The lowest BCUT2D eigenvalue weighted by molar-refractivity contribution is 0.0882. The predicted molar refractivity (Wildman–Crippen MR) is 79.0 cm³/mol. The van der Waals surface area contributed by atoms with Gasteiger partial charge in [0.1, 0.15) is 5.54 Å². The van der Waals surface area contributed by atoms with Gasteiger partial charge < -0.3 is 5.73 Å². The molecule has 0 fully saturated rings. The summed E-state index contributed by atoms with van der Waals surface area (Å²) in [5, 5.41) is 0. The molecule has 2 atom stereocenters. The molecule has 2 heteroatoms. The number of nitrogens with two attached hydrogens (primary N) is 1. The average molecular weight is 255 g/mol. The van der Waals surface area contributed by atoms with Gasteiger partial charge in [-0.3, -0.25) is 4.79 Å². The van der Waals surface area contributed by atoms with Crippen molar-refractivity contribution in [2.75, 3.05) is 0 Å². The minimum absolute atomic E-state index is 0.00949. The molecule has 2 nitrogen and oxygen atoms in total. The van der Waals surface area contributed by atoms with Gasteiger partial charge in [-0.15, -0.1) is 0 Å². The summed E-state index contributed by atoms with van der Waals surface area (Å²) in [6.07, 6.45) is 7.68. The standard InChI is InChI=1S/C17H21NO/c1-3-13-11-8-12-17(18,15(13)4-2)16(19)14-9-6-5-7-10-14/h5-12,15H,3-4,18H2,1-2H3. The van der Waals surface area contributed by atoms with E-state index in [9.17, 15) is 4.79 Å². The van der Waals surface area contributed by atoms with Crippen LogP contribution in [-0.2, 0) is 0 Å². The normalized spacial score (nSPS) is 26.1. The van der Waals surface area contributed by atoms with E-state index in [2.05, 4.69) is 19.9 Å². The van der Waals surface area contributed by atoms with Crippen LogP contribution >= 0.6 is 0 Å². The van der Waals surface area contributed by atoms with Gasteiger partial charge in [-0.2, -0.15) is 0 Å². The molecule has 0 bridgehead atoms. The first kappa shape index (κ1) is 13.8. The molecule has 2 unspecified atom stereocenters. The van der Waals surface area contributed by atoms with Crippen molar-refractivity contribution in [2.45, 2.75) is 32.2 Å². The third-order valence-corrected chi connectivity index (χ3v) is 3.95. The Morgan fingerprint density at radius 1 is 1.26 bits per heavy atom. The molecule has 100 valence electrons. The highest BCUT2D eigenvalue weighted by atomic mass is 16.1. The van der Waals surface area contributed by atoms with Crippen LogP contribution in [0.5, 0.6) is 0 Å². The van der Waals surface area contributed by atoms with Crippen molar-refractivity contribution in [1.29, 1.82) is 0 Å². The maximum atomic E-state index is 12.7. The summed E-state index contributed by atoms with van der Waals surface area (Å²) >= 11 is 0. The largest absolute Gasteiger partial charge is 0.315 e. The molecule has 0 saturated heterocycles. The number of rotatable bonds is 4. The van der Waals surface area contributed by atoms with Gasteiger partial charge in [0.25, 0.3) is 0 Å². The Morgan fingerprint density at radius 3 is 2.53 bits per heavy atom. The van der Waals surface area contributed by atoms with Crippen LogP contribution in [0.1, 0.15) is 37.0 Å². The highest BCUT2D eigenvalue weighted by Crippen LogP contribution is 2.35. The first-order valence-corrected chi connectivity index (χ1v) is 6.90. The molecule has 1 aromatic carbocycles. The van der Waals surface area contributed by atoms with Crippen LogP contribution < -0.4 is 5.73 Å². The number of hydrogen-bond acceptors (Lipinski definition) is 2. The van der Waals surface area contributed by atoms with Crippen LogP contribution in [0.25, 0.3) is 0 Å². The van der Waals surface area contributed by atoms with E-state index in [1.165, 1.54) is 5.57 Å². The van der Waals surface area contributed by atoms with E-state index in [1.54, 1.807) is 0 Å². The van der Waals surface area contributed by atoms with Gasteiger partial charge in [-0.25, -0.2) is 0 Å². The molecule has 1 aliphatic carbocycles. The van der Waals surface area contributed by atoms with Crippen molar-refractivity contribution in [1.82, 2.24) is 0 Å². The van der Waals surface area contributed by atoms with E-state index < -0.39 is 5.54 Å². The first-order chi connectivity index (χ1) is 9.13. The Bertz CT molecular complexity index is 515. The van der Waals surface area contributed by atoms with Crippen LogP contribution in [0.2, 0.25) is 0 Å². The Labute approximate surface area is 115 Å². The average Bonchev–Trinajstić information content (AvgIpc) is 2.46. The van der Waals surface area contributed by atoms with Gasteiger partial charge in [0.2, 0.25) is 0 Å². The van der Waals surface area contributed by atoms with Gasteiger partial charge in [0.15, 0.2) is 5.78 Å². The van der Waals surface area contributed by atoms with Gasteiger partial charge in [-0.05, 0) is 12.8 Å². The van der Waals surface area contributed by atoms with Crippen LogP contribution in [0.4, 0.5) is 0 Å². The fraction of sp³-hybridized carbons (Fsp3) is 0.353. The van der Waals surface area contributed by atoms with Crippen molar-refractivity contribution in [3.63, 3.8) is 0 Å². The van der Waals surface area contributed by atoms with Crippen molar-refractivity contribution in [3.05, 3.63) is 59.7 Å². The topological polar surface area (TPSA) is 43.1 Å². The number of allylic oxidation sites excluding steroid dienone is 2. The van der Waals surface area contributed by atoms with Gasteiger partial charge in [0, 0.05) is 11.5 Å². The van der Waals surface area contributed by atoms with Crippen molar-refractivity contribution in [3.8, 4) is 0 Å². The number of hydrogen-bond donors (Lipinski definition) is 1. The number of Topliss-reactive ketones (excluding diaryl/α,β-unsaturated/α-hetero) is 1. The summed E-state index contributed by atoms with van der Waals surface area (Å²) in [6.45, 7) is 4.20. The second kappa shape index (κ2) is 5.54. The number of carbonyl (C=O) groups is 1. The van der Waals surface area contributed by atoms with Gasteiger partial charge in [0.05, 0.1) is 0 Å². The monoisotopic (exact) mass is 255 g/mol. The second-order valence-corrected chi connectivity index (χ2v) is 5.04. The fourth-order valence-corrected chi connectivity index (χ4v) is 2.91. The molecule has 0 saturated carbocycles. The summed E-state index contributed by atoms with van der Waals surface area (Å²) < 4.78 is 0. The maximum Gasteiger partial charge on any atom is 0.187 e. The minimum atomic E-state index is -0.907. The molecule has 0 radical (unpaired) electrons. The summed E-state index contributed by atoms with van der Waals surface area (Å²) in [5.41, 5.74) is 7.52. The zero-order valence-corrected chi connectivity index (χ0v) is 11.6. The van der Waals surface area contributed by atoms with Crippen molar-refractivity contribution >= 4 is 5.78 Å². The lowest BCUT2D eigenvalue weighted by Gasteiger charge is -2.37. The molecule has 0 amide bonds. The van der Waals surface area contributed by atoms with Crippen molar-refractivity contribution in [2.24, 2.45) is 11.7 Å². The van der Waals surface area contributed by atoms with E-state index in [0.717, 1.165) is 12.8 Å². The first-order valence-electron chi connectivity index (χ1n) is 6.90. The summed E-state index contributed by atoms with van der Waals surface area (Å²) in [5.74, 6) is 0.102.